The number of carbonyl (C=O) groups excluding carboxylic acids is 1. The summed E-state index contributed by atoms with van der Waals surface area (Å²) in [4.78, 5) is 24.0. The molecule has 1 saturated heterocycles. The molecule has 1 aliphatic carbocycles. The zero-order chi connectivity index (χ0) is 14.5. The molecule has 0 unspecified atom stereocenters. The lowest BCUT2D eigenvalue weighted by Gasteiger charge is -2.36. The second-order valence-corrected chi connectivity index (χ2v) is 6.03. The summed E-state index contributed by atoms with van der Waals surface area (Å²) in [6.45, 7) is 4.87. The van der Waals surface area contributed by atoms with Gasteiger partial charge in [-0.15, -0.1) is 0 Å². The minimum atomic E-state index is -1.84. The molecule has 2 rings (SSSR count). The Labute approximate surface area is 109 Å². The molecule has 1 heterocycles. The monoisotopic (exact) mass is 277 g/mol. The van der Waals surface area contributed by atoms with Gasteiger partial charge in [0, 0.05) is 5.92 Å². The molecule has 1 N–H and O–H groups in total. The SMILES string of the molecule is CC(C)(C)OC(=O)N1[C@H](C(=O)O)[C@H]2C[C@H]1[C@H](F)[C@@H]2F. The average Bonchev–Trinajstić information content (AvgIpc) is 2.74. The minimum absolute atomic E-state index is 0.0263. The van der Waals surface area contributed by atoms with Gasteiger partial charge in [0.15, 0.2) is 6.17 Å². The van der Waals surface area contributed by atoms with Crippen LogP contribution in [0.3, 0.4) is 0 Å². The molecule has 2 aliphatic rings. The Morgan fingerprint density at radius 1 is 1.26 bits per heavy atom. The maximum atomic E-state index is 13.7. The van der Waals surface area contributed by atoms with E-state index in [0.29, 0.717) is 0 Å². The maximum absolute atomic E-state index is 13.7. The molecule has 1 saturated carbocycles. The Kier molecular flexibility index (Phi) is 3.18. The molecule has 0 aromatic heterocycles. The second kappa shape index (κ2) is 4.31. The van der Waals surface area contributed by atoms with Gasteiger partial charge < -0.3 is 9.84 Å². The van der Waals surface area contributed by atoms with Crippen LogP contribution in [0.25, 0.3) is 0 Å². The van der Waals surface area contributed by atoms with Gasteiger partial charge in [-0.25, -0.2) is 18.4 Å². The molecule has 5 atom stereocenters. The van der Waals surface area contributed by atoms with Crippen molar-refractivity contribution in [2.45, 2.75) is 57.2 Å². The zero-order valence-electron chi connectivity index (χ0n) is 11.0. The van der Waals surface area contributed by atoms with Crippen molar-refractivity contribution < 1.29 is 28.2 Å². The third-order valence-corrected chi connectivity index (χ3v) is 3.51. The normalized spacial score (nSPS) is 37.5. The van der Waals surface area contributed by atoms with Gasteiger partial charge in [0.2, 0.25) is 0 Å². The third-order valence-electron chi connectivity index (χ3n) is 3.51. The molecule has 1 amide bonds. The van der Waals surface area contributed by atoms with Crippen LogP contribution in [-0.2, 0) is 9.53 Å². The van der Waals surface area contributed by atoms with Crippen LogP contribution < -0.4 is 0 Å². The molecular formula is C12H17F2NO4. The van der Waals surface area contributed by atoms with E-state index in [0.717, 1.165) is 4.90 Å². The number of ether oxygens (including phenoxy) is 1. The van der Waals surface area contributed by atoms with Crippen molar-refractivity contribution in [1.29, 1.82) is 0 Å². The fraction of sp³-hybridized carbons (Fsp3) is 0.833. The van der Waals surface area contributed by atoms with Crippen molar-refractivity contribution in [3.8, 4) is 0 Å². The quantitative estimate of drug-likeness (QED) is 0.793. The lowest BCUT2D eigenvalue weighted by Crippen LogP contribution is -2.57. The summed E-state index contributed by atoms with van der Waals surface area (Å²) in [6.07, 6.45) is -4.54. The Morgan fingerprint density at radius 2 is 1.84 bits per heavy atom. The first-order valence-electron chi connectivity index (χ1n) is 6.16. The predicted molar refractivity (Wildman–Crippen MR) is 61.2 cm³/mol. The number of piperidine rings is 1. The summed E-state index contributed by atoms with van der Waals surface area (Å²) in [6, 6.07) is -2.39. The van der Waals surface area contributed by atoms with Crippen molar-refractivity contribution in [2.24, 2.45) is 5.92 Å². The van der Waals surface area contributed by atoms with Crippen LogP contribution in [0.1, 0.15) is 27.2 Å². The summed E-state index contributed by atoms with van der Waals surface area (Å²) in [5, 5.41) is 9.12. The van der Waals surface area contributed by atoms with E-state index in [1.165, 1.54) is 0 Å². The van der Waals surface area contributed by atoms with Crippen LogP contribution in [0.5, 0.6) is 0 Å². The number of nitrogens with zero attached hydrogens (tertiary/aromatic N) is 1. The van der Waals surface area contributed by atoms with Gasteiger partial charge in [-0.3, -0.25) is 4.90 Å². The number of amides is 1. The van der Waals surface area contributed by atoms with Crippen LogP contribution in [0.2, 0.25) is 0 Å². The zero-order valence-corrected chi connectivity index (χ0v) is 11.0. The number of fused-ring (bicyclic) bond motifs is 2. The Hall–Kier alpha value is -1.40. The lowest BCUT2D eigenvalue weighted by molar-refractivity contribution is -0.147. The molecule has 7 heteroatoms. The van der Waals surface area contributed by atoms with Crippen LogP contribution in [0, 0.1) is 5.92 Å². The van der Waals surface area contributed by atoms with E-state index >= 15 is 0 Å². The van der Waals surface area contributed by atoms with Gasteiger partial charge >= 0.3 is 12.1 Å². The van der Waals surface area contributed by atoms with Gasteiger partial charge in [0.25, 0.3) is 0 Å². The van der Waals surface area contributed by atoms with Gasteiger partial charge in [-0.05, 0) is 27.2 Å². The number of alkyl halides is 2. The molecule has 0 aromatic carbocycles. The van der Waals surface area contributed by atoms with Gasteiger partial charge in [0.05, 0.1) is 6.04 Å². The molecule has 2 fully saturated rings. The highest BCUT2D eigenvalue weighted by Gasteiger charge is 2.63. The van der Waals surface area contributed by atoms with Crippen molar-refractivity contribution in [2.75, 3.05) is 0 Å². The number of hydrogen-bond acceptors (Lipinski definition) is 3. The number of carboxylic acid groups (broad SMARTS) is 1. The van der Waals surface area contributed by atoms with E-state index in [2.05, 4.69) is 0 Å². The smallest absolute Gasteiger partial charge is 0.411 e. The van der Waals surface area contributed by atoms with E-state index in [1.54, 1.807) is 20.8 Å². The topological polar surface area (TPSA) is 66.8 Å². The summed E-state index contributed by atoms with van der Waals surface area (Å²) in [5.41, 5.74) is -0.817. The fourth-order valence-corrected chi connectivity index (χ4v) is 2.84. The van der Waals surface area contributed by atoms with Crippen LogP contribution >= 0.6 is 0 Å². The van der Waals surface area contributed by atoms with Crippen LogP contribution in [0.4, 0.5) is 13.6 Å². The number of halogens is 2. The first-order valence-corrected chi connectivity index (χ1v) is 6.16. The van der Waals surface area contributed by atoms with E-state index in [1.807, 2.05) is 0 Å². The van der Waals surface area contributed by atoms with Crippen molar-refractivity contribution >= 4 is 12.1 Å². The fourth-order valence-electron chi connectivity index (χ4n) is 2.84. The molecule has 108 valence electrons. The number of carboxylic acids is 1. The number of likely N-dealkylation sites (tertiary alicyclic amines) is 1. The number of hydrogen-bond donors (Lipinski definition) is 1. The maximum Gasteiger partial charge on any atom is 0.411 e. The number of rotatable bonds is 1. The second-order valence-electron chi connectivity index (χ2n) is 6.03. The standard InChI is InChI=1S/C12H17F2NO4/c1-12(2,3)19-11(18)15-6-4-5(7(13)8(6)14)9(15)10(16)17/h5-9H,4H2,1-3H3,(H,16,17)/t5-,6-,7+,8-,9-/m0/s1. The Balaban J connectivity index is 2.23. The summed E-state index contributed by atoms with van der Waals surface area (Å²) in [5.74, 6) is -2.32. The van der Waals surface area contributed by atoms with Gasteiger partial charge in [0.1, 0.15) is 17.8 Å². The Bertz CT molecular complexity index is 409. The predicted octanol–water partition coefficient (Wildman–Crippen LogP) is 1.75. The molecular weight excluding hydrogens is 260 g/mol. The van der Waals surface area contributed by atoms with Crippen LogP contribution in [-0.4, -0.2) is 52.1 Å². The third kappa shape index (κ3) is 2.26. The van der Waals surface area contributed by atoms with E-state index in [4.69, 9.17) is 9.84 Å². The average molecular weight is 277 g/mol. The molecule has 2 bridgehead atoms. The molecule has 5 nitrogen and oxygen atoms in total. The minimum Gasteiger partial charge on any atom is -0.480 e. The largest absolute Gasteiger partial charge is 0.480 e. The summed E-state index contributed by atoms with van der Waals surface area (Å²) >= 11 is 0. The van der Waals surface area contributed by atoms with Gasteiger partial charge in [-0.2, -0.15) is 0 Å². The first kappa shape index (κ1) is 14.0. The molecule has 1 aliphatic heterocycles. The Morgan fingerprint density at radius 3 is 2.32 bits per heavy atom. The van der Waals surface area contributed by atoms with Gasteiger partial charge in [-0.1, -0.05) is 0 Å². The number of aliphatic carboxylic acids is 1. The number of carbonyl (C=O) groups is 2. The first-order chi connectivity index (χ1) is 8.63. The van der Waals surface area contributed by atoms with Crippen molar-refractivity contribution in [1.82, 2.24) is 4.90 Å². The van der Waals surface area contributed by atoms with Crippen LogP contribution in [0.15, 0.2) is 0 Å². The molecule has 0 radical (unpaired) electrons. The van der Waals surface area contributed by atoms with Crippen molar-refractivity contribution in [3.63, 3.8) is 0 Å². The summed E-state index contributed by atoms with van der Waals surface area (Å²) < 4.78 is 32.3. The molecule has 0 spiro atoms. The lowest BCUT2D eigenvalue weighted by atomic mass is 9.96. The molecule has 0 aromatic rings. The summed E-state index contributed by atoms with van der Waals surface area (Å²) in [7, 11) is 0. The highest BCUT2D eigenvalue weighted by molar-refractivity contribution is 5.82. The highest BCUT2D eigenvalue weighted by Crippen LogP contribution is 2.46. The van der Waals surface area contributed by atoms with Crippen molar-refractivity contribution in [3.05, 3.63) is 0 Å². The van der Waals surface area contributed by atoms with E-state index in [9.17, 15) is 18.4 Å². The van der Waals surface area contributed by atoms with E-state index in [-0.39, 0.29) is 6.42 Å². The molecule has 19 heavy (non-hydrogen) atoms. The highest BCUT2D eigenvalue weighted by atomic mass is 19.2. The van der Waals surface area contributed by atoms with E-state index < -0.39 is 48.0 Å².